The topological polar surface area (TPSA) is 97.0 Å². The summed E-state index contributed by atoms with van der Waals surface area (Å²) in [5, 5.41) is 5.48. The molecule has 0 aromatic heterocycles. The Morgan fingerprint density at radius 3 is 1.65 bits per heavy atom. The second-order valence-corrected chi connectivity index (χ2v) is 12.1. The highest BCUT2D eigenvalue weighted by Gasteiger charge is 2.22. The van der Waals surface area contributed by atoms with Crippen LogP contribution in [-0.4, -0.2) is 94.6 Å². The molecular weight excluding hydrogens is 508 g/mol. The summed E-state index contributed by atoms with van der Waals surface area (Å²) in [4.78, 5) is 37.5. The van der Waals surface area contributed by atoms with Crippen molar-refractivity contribution in [3.8, 4) is 0 Å². The van der Waals surface area contributed by atoms with E-state index in [0.29, 0.717) is 24.1 Å². The molecule has 0 aliphatic heterocycles. The summed E-state index contributed by atoms with van der Waals surface area (Å²) in [6.07, 6.45) is 20.1. The van der Waals surface area contributed by atoms with Crippen LogP contribution in [0.15, 0.2) is 0 Å². The van der Waals surface area contributed by atoms with E-state index in [2.05, 4.69) is 17.6 Å². The number of quaternary nitrogens is 1. The number of rotatable bonds is 25. The Balaban J connectivity index is 3.75. The van der Waals surface area contributed by atoms with Crippen LogP contribution in [0.1, 0.15) is 117 Å². The van der Waals surface area contributed by atoms with E-state index < -0.39 is 18.2 Å². The highest BCUT2D eigenvalue weighted by molar-refractivity contribution is 5.93. The highest BCUT2D eigenvalue weighted by atomic mass is 16.6. The lowest BCUT2D eigenvalue weighted by Crippen LogP contribution is -2.50. The number of likely N-dealkylation sites (N-methyl/N-ethyl adjacent to an activating group) is 1. The zero-order valence-corrected chi connectivity index (χ0v) is 26.9. The molecule has 0 aliphatic carbocycles. The average Bonchev–Trinajstić information content (AvgIpc) is 2.89. The van der Waals surface area contributed by atoms with Crippen molar-refractivity contribution in [2.45, 2.75) is 123 Å². The van der Waals surface area contributed by atoms with E-state index in [1.807, 2.05) is 21.1 Å². The summed E-state index contributed by atoms with van der Waals surface area (Å²) in [6, 6.07) is -0.476. The van der Waals surface area contributed by atoms with E-state index in [-0.39, 0.29) is 19.1 Å². The van der Waals surface area contributed by atoms with E-state index in [1.54, 1.807) is 0 Å². The van der Waals surface area contributed by atoms with Crippen LogP contribution >= 0.6 is 0 Å². The van der Waals surface area contributed by atoms with Crippen molar-refractivity contribution in [1.82, 2.24) is 15.5 Å². The Bertz CT molecular complexity index is 654. The number of nitrogens with zero attached hydrogens (tertiary/aromatic N) is 2. The van der Waals surface area contributed by atoms with Gasteiger partial charge in [0.1, 0.15) is 12.7 Å². The van der Waals surface area contributed by atoms with Gasteiger partial charge in [-0.05, 0) is 6.42 Å². The lowest BCUT2D eigenvalue weighted by atomic mass is 10.0. The average molecular weight is 572 g/mol. The number of imide groups is 1. The number of hydrogen-bond donors (Lipinski definition) is 2. The molecule has 0 saturated carbocycles. The molecule has 1 atom stereocenters. The van der Waals surface area contributed by atoms with Crippen molar-refractivity contribution >= 4 is 18.0 Å². The summed E-state index contributed by atoms with van der Waals surface area (Å²) >= 11 is 0. The number of alkyl carbamates (subject to hydrolysis) is 1. The number of amides is 4. The first-order chi connectivity index (χ1) is 19.1. The maximum Gasteiger partial charge on any atom is 0.407 e. The Morgan fingerprint density at radius 1 is 0.750 bits per heavy atom. The fourth-order valence-corrected chi connectivity index (χ4v) is 4.39. The number of carbonyl (C=O) groups excluding carboxylic acids is 3. The molecule has 0 aromatic rings. The molecule has 0 radical (unpaired) electrons. The summed E-state index contributed by atoms with van der Waals surface area (Å²) in [7, 11) is 7.49. The van der Waals surface area contributed by atoms with Gasteiger partial charge in [-0.2, -0.15) is 0 Å². The third-order valence-corrected chi connectivity index (χ3v) is 7.13. The molecule has 236 valence electrons. The summed E-state index contributed by atoms with van der Waals surface area (Å²) in [6.45, 7) is 5.34. The highest BCUT2D eigenvalue weighted by Crippen LogP contribution is 2.13. The van der Waals surface area contributed by atoms with Gasteiger partial charge in [0.05, 0.1) is 34.2 Å². The molecule has 1 unspecified atom stereocenters. The maximum atomic E-state index is 12.5. The minimum atomic E-state index is -0.502. The van der Waals surface area contributed by atoms with Gasteiger partial charge in [0, 0.05) is 27.1 Å². The molecule has 0 saturated heterocycles. The minimum Gasteiger partial charge on any atom is -0.447 e. The van der Waals surface area contributed by atoms with E-state index in [1.165, 1.54) is 109 Å². The molecule has 0 aromatic carbocycles. The fraction of sp³-hybridized carbons (Fsp3) is 0.903. The summed E-state index contributed by atoms with van der Waals surface area (Å²) in [5.41, 5.74) is 0. The summed E-state index contributed by atoms with van der Waals surface area (Å²) < 4.78 is 11.2. The number of methoxy groups -OCH3 is 1. The number of hydrogen-bond acceptors (Lipinski definition) is 5. The Kier molecular flexibility index (Phi) is 23.7. The predicted molar refractivity (Wildman–Crippen MR) is 163 cm³/mol. The molecule has 4 amide bonds. The Morgan fingerprint density at radius 2 is 1.23 bits per heavy atom. The first-order valence-electron chi connectivity index (χ1n) is 15.9. The van der Waals surface area contributed by atoms with E-state index in [4.69, 9.17) is 9.47 Å². The lowest BCUT2D eigenvalue weighted by molar-refractivity contribution is -0.869. The second-order valence-electron chi connectivity index (χ2n) is 12.1. The van der Waals surface area contributed by atoms with Gasteiger partial charge >= 0.3 is 12.1 Å². The van der Waals surface area contributed by atoms with E-state index in [0.717, 1.165) is 12.8 Å². The molecule has 0 rings (SSSR count). The van der Waals surface area contributed by atoms with Crippen molar-refractivity contribution < 1.29 is 28.3 Å². The van der Waals surface area contributed by atoms with Crippen molar-refractivity contribution in [1.29, 1.82) is 0 Å². The number of urea groups is 1. The molecule has 0 bridgehead atoms. The van der Waals surface area contributed by atoms with Crippen molar-refractivity contribution in [3.63, 3.8) is 0 Å². The normalized spacial score (nSPS) is 12.2. The molecule has 0 fully saturated rings. The van der Waals surface area contributed by atoms with Crippen LogP contribution in [0.2, 0.25) is 0 Å². The molecule has 0 spiro atoms. The number of nitrogens with one attached hydrogen (secondary N) is 2. The molecule has 9 nitrogen and oxygen atoms in total. The SMILES string of the molecule is CCCCCCCCCCCCCCCCCCNC(=O)OCC(CNC(=O)N(CC[N+](C)(C)C)C(C)=O)OC. The van der Waals surface area contributed by atoms with Gasteiger partial charge in [-0.15, -0.1) is 0 Å². The Labute approximate surface area is 245 Å². The standard InChI is InChI=1S/C31H62N4O5/c1-7-8-9-10-11-12-13-14-15-16-17-18-19-20-21-22-23-32-31(38)40-27-29(39-6)26-33-30(37)34(28(2)36)24-25-35(3,4)5/h29H,7-27H2,1-6H3,(H-,32,33,37,38)/p+1. The number of ether oxygens (including phenoxy) is 2. The van der Waals surface area contributed by atoms with E-state index >= 15 is 0 Å². The van der Waals surface area contributed by atoms with Gasteiger partial charge in [0.15, 0.2) is 0 Å². The van der Waals surface area contributed by atoms with Crippen molar-refractivity contribution in [2.24, 2.45) is 0 Å². The largest absolute Gasteiger partial charge is 0.447 e. The monoisotopic (exact) mass is 571 g/mol. The molecule has 2 N–H and O–H groups in total. The zero-order valence-electron chi connectivity index (χ0n) is 26.9. The van der Waals surface area contributed by atoms with Gasteiger partial charge in [-0.3, -0.25) is 9.69 Å². The van der Waals surface area contributed by atoms with Gasteiger partial charge in [0.25, 0.3) is 0 Å². The molecule has 40 heavy (non-hydrogen) atoms. The number of unbranched alkanes of at least 4 members (excludes halogenated alkanes) is 15. The fourth-order valence-electron chi connectivity index (χ4n) is 4.39. The van der Waals surface area contributed by atoms with E-state index in [9.17, 15) is 14.4 Å². The molecule has 0 aliphatic rings. The third kappa shape index (κ3) is 24.0. The van der Waals surface area contributed by atoms with Crippen LogP contribution in [0, 0.1) is 0 Å². The maximum absolute atomic E-state index is 12.5. The van der Waals surface area contributed by atoms with Gasteiger partial charge in [0.2, 0.25) is 5.91 Å². The van der Waals surface area contributed by atoms with Crippen LogP contribution in [0.4, 0.5) is 9.59 Å². The second kappa shape index (κ2) is 24.9. The van der Waals surface area contributed by atoms with Gasteiger partial charge in [-0.25, -0.2) is 9.59 Å². The summed E-state index contributed by atoms with van der Waals surface area (Å²) in [5.74, 6) is -0.315. The van der Waals surface area contributed by atoms with Crippen molar-refractivity contribution in [2.75, 3.05) is 61.0 Å². The van der Waals surface area contributed by atoms with Crippen LogP contribution < -0.4 is 10.6 Å². The molecule has 0 heterocycles. The predicted octanol–water partition coefficient (Wildman–Crippen LogP) is 6.25. The van der Waals surface area contributed by atoms with Gasteiger partial charge in [-0.1, -0.05) is 103 Å². The molecule has 9 heteroatoms. The smallest absolute Gasteiger partial charge is 0.407 e. The quantitative estimate of drug-likeness (QED) is 0.0997. The third-order valence-electron chi connectivity index (χ3n) is 7.13. The van der Waals surface area contributed by atoms with Crippen LogP contribution in [0.25, 0.3) is 0 Å². The lowest BCUT2D eigenvalue weighted by Gasteiger charge is -2.28. The van der Waals surface area contributed by atoms with Gasteiger partial charge < -0.3 is 24.6 Å². The van der Waals surface area contributed by atoms with Crippen LogP contribution in [0.5, 0.6) is 0 Å². The van der Waals surface area contributed by atoms with Crippen LogP contribution in [-0.2, 0) is 14.3 Å². The van der Waals surface area contributed by atoms with Crippen molar-refractivity contribution in [3.05, 3.63) is 0 Å². The number of carbonyl (C=O) groups is 3. The zero-order chi connectivity index (χ0) is 30.1. The van der Waals surface area contributed by atoms with Crippen LogP contribution in [0.3, 0.4) is 0 Å². The first-order valence-corrected chi connectivity index (χ1v) is 15.9. The molecular formula is C31H63N4O5+. The first kappa shape index (κ1) is 38.1. The minimum absolute atomic E-state index is 0.0144. The Hall–Kier alpha value is -1.87.